The minimum absolute atomic E-state index is 0.00466. The van der Waals surface area contributed by atoms with Crippen molar-refractivity contribution in [1.29, 1.82) is 0 Å². The van der Waals surface area contributed by atoms with Gasteiger partial charge in [-0.1, -0.05) is 36.7 Å². The van der Waals surface area contributed by atoms with Crippen molar-refractivity contribution in [2.24, 2.45) is 11.3 Å². The van der Waals surface area contributed by atoms with Gasteiger partial charge in [-0.3, -0.25) is 0 Å². The number of rotatable bonds is 3. The number of hydrogen-bond acceptors (Lipinski definition) is 0. The fourth-order valence-electron chi connectivity index (χ4n) is 1.59. The van der Waals surface area contributed by atoms with E-state index in [1.54, 1.807) is 0 Å². The molecule has 0 fully saturated rings. The molecular weight excluding hydrogens is 354 g/mol. The van der Waals surface area contributed by atoms with E-state index in [2.05, 4.69) is 52.6 Å². The molecule has 1 unspecified atom stereocenters. The molecule has 17 heavy (non-hydrogen) atoms. The van der Waals surface area contributed by atoms with Crippen LogP contribution in [-0.4, -0.2) is 5.33 Å². The lowest BCUT2D eigenvalue weighted by atomic mass is 9.78. The molecule has 0 nitrogen and oxygen atoms in total. The second-order valence-corrected chi connectivity index (χ2v) is 6.74. The Labute approximate surface area is 118 Å². The normalized spacial score (nSPS) is 13.8. The molecule has 0 aliphatic rings. The highest BCUT2D eigenvalue weighted by atomic mass is 79.9. The molecule has 1 aromatic rings. The summed E-state index contributed by atoms with van der Waals surface area (Å²) in [6.45, 7) is 6.23. The Kier molecular flexibility index (Phi) is 5.14. The van der Waals surface area contributed by atoms with Crippen molar-refractivity contribution in [3.05, 3.63) is 33.8 Å². The van der Waals surface area contributed by atoms with Gasteiger partial charge < -0.3 is 0 Å². The van der Waals surface area contributed by atoms with Crippen molar-refractivity contribution in [1.82, 2.24) is 0 Å². The van der Waals surface area contributed by atoms with Crippen molar-refractivity contribution in [3.8, 4) is 0 Å². The Balaban J connectivity index is 3.06. The molecule has 0 saturated heterocycles. The number of hydrogen-bond donors (Lipinski definition) is 0. The molecule has 0 aliphatic carbocycles. The van der Waals surface area contributed by atoms with Gasteiger partial charge in [-0.25, -0.2) is 8.78 Å². The van der Waals surface area contributed by atoms with E-state index in [4.69, 9.17) is 0 Å². The Morgan fingerprint density at radius 2 is 1.82 bits per heavy atom. The zero-order valence-electron chi connectivity index (χ0n) is 10.2. The smallest absolute Gasteiger partial charge is 0.143 e. The summed E-state index contributed by atoms with van der Waals surface area (Å²) in [7, 11) is 0. The van der Waals surface area contributed by atoms with Crippen molar-refractivity contribution in [3.63, 3.8) is 0 Å². The van der Waals surface area contributed by atoms with E-state index in [1.807, 2.05) is 0 Å². The van der Waals surface area contributed by atoms with Crippen LogP contribution in [0.15, 0.2) is 16.6 Å². The van der Waals surface area contributed by atoms with E-state index in [0.29, 0.717) is 10.9 Å². The van der Waals surface area contributed by atoms with Gasteiger partial charge in [0, 0.05) is 10.9 Å². The van der Waals surface area contributed by atoms with E-state index < -0.39 is 11.6 Å². The van der Waals surface area contributed by atoms with E-state index in [0.717, 1.165) is 5.33 Å². The third kappa shape index (κ3) is 3.75. The highest BCUT2D eigenvalue weighted by molar-refractivity contribution is 9.10. The lowest BCUT2D eigenvalue weighted by Crippen LogP contribution is -2.25. The molecule has 0 heterocycles. The standard InChI is InChI=1S/C13H16Br2F2/c1-13(2,3)8(7-14)6-9-11(16)5-4-10(15)12(9)17/h4-5,8H,6-7H2,1-3H3. The first-order valence-corrected chi connectivity index (χ1v) is 7.37. The summed E-state index contributed by atoms with van der Waals surface area (Å²) in [6.07, 6.45) is 0.395. The second-order valence-electron chi connectivity index (χ2n) is 5.24. The molecule has 96 valence electrons. The van der Waals surface area contributed by atoms with Crippen LogP contribution in [0.3, 0.4) is 0 Å². The molecule has 0 amide bonds. The number of benzene rings is 1. The number of halogens is 4. The average Bonchev–Trinajstić information content (AvgIpc) is 2.22. The predicted octanol–water partition coefficient (Wildman–Crippen LogP) is 5.33. The van der Waals surface area contributed by atoms with Crippen LogP contribution < -0.4 is 0 Å². The molecule has 1 rings (SSSR count). The molecule has 0 radical (unpaired) electrons. The van der Waals surface area contributed by atoms with E-state index in [-0.39, 0.29) is 16.9 Å². The van der Waals surface area contributed by atoms with Gasteiger partial charge in [-0.15, -0.1) is 0 Å². The third-order valence-electron chi connectivity index (χ3n) is 3.00. The summed E-state index contributed by atoms with van der Waals surface area (Å²) in [5, 5.41) is 0.724. The zero-order valence-corrected chi connectivity index (χ0v) is 13.3. The van der Waals surface area contributed by atoms with Crippen LogP contribution in [0.2, 0.25) is 0 Å². The van der Waals surface area contributed by atoms with E-state index in [9.17, 15) is 8.78 Å². The van der Waals surface area contributed by atoms with Gasteiger partial charge in [0.25, 0.3) is 0 Å². The highest BCUT2D eigenvalue weighted by Gasteiger charge is 2.26. The minimum Gasteiger partial charge on any atom is -0.207 e. The van der Waals surface area contributed by atoms with Gasteiger partial charge in [0.2, 0.25) is 0 Å². The van der Waals surface area contributed by atoms with Crippen LogP contribution >= 0.6 is 31.9 Å². The Morgan fingerprint density at radius 3 is 2.29 bits per heavy atom. The molecule has 0 saturated carbocycles. The predicted molar refractivity (Wildman–Crippen MR) is 74.5 cm³/mol. The van der Waals surface area contributed by atoms with Gasteiger partial charge >= 0.3 is 0 Å². The topological polar surface area (TPSA) is 0 Å². The molecule has 1 atom stereocenters. The monoisotopic (exact) mass is 368 g/mol. The fourth-order valence-corrected chi connectivity index (χ4v) is 3.17. The molecule has 0 aliphatic heterocycles. The Morgan fingerprint density at radius 1 is 1.24 bits per heavy atom. The van der Waals surface area contributed by atoms with Crippen molar-refractivity contribution < 1.29 is 8.78 Å². The summed E-state index contributed by atoms with van der Waals surface area (Å²) in [6, 6.07) is 2.70. The third-order valence-corrected chi connectivity index (χ3v) is 4.39. The van der Waals surface area contributed by atoms with E-state index >= 15 is 0 Å². The molecule has 4 heteroatoms. The van der Waals surface area contributed by atoms with Crippen molar-refractivity contribution >= 4 is 31.9 Å². The zero-order chi connectivity index (χ0) is 13.2. The van der Waals surface area contributed by atoms with E-state index in [1.165, 1.54) is 12.1 Å². The Hall–Kier alpha value is 0.0400. The van der Waals surface area contributed by atoms with Crippen molar-refractivity contribution in [2.75, 3.05) is 5.33 Å². The fraction of sp³-hybridized carbons (Fsp3) is 0.538. The molecule has 0 spiro atoms. The van der Waals surface area contributed by atoms with Gasteiger partial charge in [0.05, 0.1) is 4.47 Å². The SMILES string of the molecule is CC(C)(C)C(CBr)Cc1c(F)ccc(Br)c1F. The summed E-state index contributed by atoms with van der Waals surface area (Å²) >= 11 is 6.51. The van der Waals surface area contributed by atoms with Crippen LogP contribution in [-0.2, 0) is 6.42 Å². The summed E-state index contributed by atoms with van der Waals surface area (Å²) in [5.41, 5.74) is 0.170. The molecule has 0 bridgehead atoms. The molecule has 1 aromatic carbocycles. The quantitative estimate of drug-likeness (QED) is 0.499. The van der Waals surface area contributed by atoms with Crippen LogP contribution in [0.4, 0.5) is 8.78 Å². The maximum absolute atomic E-state index is 13.8. The van der Waals surface area contributed by atoms with Crippen LogP contribution in [0, 0.1) is 23.0 Å². The summed E-state index contributed by atoms with van der Waals surface area (Å²) in [5.74, 6) is -0.776. The van der Waals surface area contributed by atoms with Crippen LogP contribution in [0.1, 0.15) is 26.3 Å². The lowest BCUT2D eigenvalue weighted by Gasteiger charge is -2.29. The highest BCUT2D eigenvalue weighted by Crippen LogP contribution is 2.33. The van der Waals surface area contributed by atoms with Gasteiger partial charge in [-0.05, 0) is 45.8 Å². The average molecular weight is 370 g/mol. The first kappa shape index (κ1) is 15.1. The first-order chi connectivity index (χ1) is 7.77. The van der Waals surface area contributed by atoms with Crippen LogP contribution in [0.25, 0.3) is 0 Å². The summed E-state index contributed by atoms with van der Waals surface area (Å²) < 4.78 is 27.8. The van der Waals surface area contributed by atoms with Crippen LogP contribution in [0.5, 0.6) is 0 Å². The lowest BCUT2D eigenvalue weighted by molar-refractivity contribution is 0.262. The van der Waals surface area contributed by atoms with Crippen molar-refractivity contribution in [2.45, 2.75) is 27.2 Å². The molecule has 0 N–H and O–H groups in total. The number of alkyl halides is 1. The van der Waals surface area contributed by atoms with Gasteiger partial charge in [0.1, 0.15) is 11.6 Å². The maximum Gasteiger partial charge on any atom is 0.143 e. The minimum atomic E-state index is -0.486. The van der Waals surface area contributed by atoms with Gasteiger partial charge in [-0.2, -0.15) is 0 Å². The summed E-state index contributed by atoms with van der Waals surface area (Å²) in [4.78, 5) is 0. The largest absolute Gasteiger partial charge is 0.207 e. The second kappa shape index (κ2) is 5.79. The van der Waals surface area contributed by atoms with Gasteiger partial charge in [0.15, 0.2) is 0 Å². The molecule has 0 aromatic heterocycles. The maximum atomic E-state index is 13.8. The Bertz CT molecular complexity index is 397. The molecular formula is C13H16Br2F2. The first-order valence-electron chi connectivity index (χ1n) is 5.45.